The summed E-state index contributed by atoms with van der Waals surface area (Å²) >= 11 is 1.72. The Morgan fingerprint density at radius 2 is 1.92 bits per heavy atom. The fourth-order valence-electron chi connectivity index (χ4n) is 4.71. The van der Waals surface area contributed by atoms with Gasteiger partial charge in [-0.1, -0.05) is 67.9 Å². The molecular formula is C28H30N6OS. The third-order valence-electron chi connectivity index (χ3n) is 6.51. The summed E-state index contributed by atoms with van der Waals surface area (Å²) in [7, 11) is 0. The number of benzene rings is 2. The predicted molar refractivity (Wildman–Crippen MR) is 144 cm³/mol. The lowest BCUT2D eigenvalue weighted by molar-refractivity contribution is 0.157. The van der Waals surface area contributed by atoms with Gasteiger partial charge in [-0.2, -0.15) is 0 Å². The zero-order valence-corrected chi connectivity index (χ0v) is 21.4. The van der Waals surface area contributed by atoms with Crippen molar-refractivity contribution in [2.24, 2.45) is 0 Å². The van der Waals surface area contributed by atoms with Crippen molar-refractivity contribution in [2.75, 3.05) is 0 Å². The van der Waals surface area contributed by atoms with Crippen LogP contribution in [0.2, 0.25) is 0 Å². The number of fused-ring (bicyclic) bond motifs is 1. The van der Waals surface area contributed by atoms with Crippen LogP contribution in [0.25, 0.3) is 10.9 Å². The molecule has 5 aromatic rings. The first-order valence-corrected chi connectivity index (χ1v) is 13.2. The van der Waals surface area contributed by atoms with E-state index >= 15 is 0 Å². The van der Waals surface area contributed by atoms with Crippen LogP contribution in [0, 0.1) is 6.92 Å². The van der Waals surface area contributed by atoms with Gasteiger partial charge in [-0.15, -0.1) is 16.4 Å². The van der Waals surface area contributed by atoms with Crippen LogP contribution in [0.1, 0.15) is 53.2 Å². The molecule has 0 aliphatic heterocycles. The molecule has 0 radical (unpaired) electrons. The SMILES string of the molecule is CCC[C@H](c1nnnn1Cc1ccccc1)N(Cc1cccs1)Cc1cc2cccc(C)c2[nH]c1=O. The van der Waals surface area contributed by atoms with Gasteiger partial charge in [-0.3, -0.25) is 9.69 Å². The molecule has 0 fully saturated rings. The van der Waals surface area contributed by atoms with Crippen molar-refractivity contribution in [2.45, 2.75) is 52.4 Å². The molecule has 3 heterocycles. The minimum absolute atomic E-state index is 0.0385. The summed E-state index contributed by atoms with van der Waals surface area (Å²) in [5, 5.41) is 16.0. The monoisotopic (exact) mass is 498 g/mol. The molecule has 0 unspecified atom stereocenters. The van der Waals surface area contributed by atoms with Crippen LogP contribution in [-0.2, 0) is 19.6 Å². The zero-order valence-electron chi connectivity index (χ0n) is 20.6. The maximum Gasteiger partial charge on any atom is 0.252 e. The number of aryl methyl sites for hydroxylation is 1. The Hall–Kier alpha value is -3.62. The quantitative estimate of drug-likeness (QED) is 0.276. The molecule has 184 valence electrons. The molecule has 7 nitrogen and oxygen atoms in total. The summed E-state index contributed by atoms with van der Waals surface area (Å²) < 4.78 is 1.89. The summed E-state index contributed by atoms with van der Waals surface area (Å²) in [5.74, 6) is 0.824. The van der Waals surface area contributed by atoms with Crippen LogP contribution in [0.4, 0.5) is 0 Å². The fraction of sp³-hybridized carbons (Fsp3) is 0.286. The Bertz CT molecular complexity index is 1480. The Morgan fingerprint density at radius 3 is 2.69 bits per heavy atom. The second-order valence-electron chi connectivity index (χ2n) is 9.13. The van der Waals surface area contributed by atoms with E-state index in [0.717, 1.165) is 46.3 Å². The van der Waals surface area contributed by atoms with Crippen molar-refractivity contribution in [3.63, 3.8) is 0 Å². The molecule has 0 spiro atoms. The molecule has 0 amide bonds. The Kier molecular flexibility index (Phi) is 7.34. The van der Waals surface area contributed by atoms with Crippen molar-refractivity contribution in [1.29, 1.82) is 0 Å². The van der Waals surface area contributed by atoms with Crippen LogP contribution < -0.4 is 5.56 Å². The van der Waals surface area contributed by atoms with Crippen LogP contribution in [0.5, 0.6) is 0 Å². The Morgan fingerprint density at radius 1 is 1.06 bits per heavy atom. The van der Waals surface area contributed by atoms with E-state index in [9.17, 15) is 4.79 Å². The van der Waals surface area contributed by atoms with E-state index in [1.165, 1.54) is 4.88 Å². The Balaban J connectivity index is 1.53. The maximum atomic E-state index is 13.2. The molecule has 36 heavy (non-hydrogen) atoms. The van der Waals surface area contributed by atoms with E-state index in [-0.39, 0.29) is 11.6 Å². The summed E-state index contributed by atoms with van der Waals surface area (Å²) in [6.07, 6.45) is 1.85. The molecular weight excluding hydrogens is 468 g/mol. The van der Waals surface area contributed by atoms with E-state index in [1.54, 1.807) is 11.3 Å². The van der Waals surface area contributed by atoms with E-state index in [2.05, 4.69) is 68.0 Å². The van der Waals surface area contributed by atoms with Gasteiger partial charge < -0.3 is 4.98 Å². The molecule has 0 aliphatic rings. The topological polar surface area (TPSA) is 79.7 Å². The molecule has 1 atom stereocenters. The summed E-state index contributed by atoms with van der Waals surface area (Å²) in [5.41, 5.74) is 3.80. The molecule has 0 saturated heterocycles. The number of nitrogens with zero attached hydrogens (tertiary/aromatic N) is 5. The smallest absolute Gasteiger partial charge is 0.252 e. The first-order chi connectivity index (χ1) is 17.6. The molecule has 0 saturated carbocycles. The number of pyridine rings is 1. The molecule has 1 N–H and O–H groups in total. The van der Waals surface area contributed by atoms with Gasteiger partial charge >= 0.3 is 0 Å². The number of rotatable bonds is 10. The summed E-state index contributed by atoms with van der Waals surface area (Å²) in [4.78, 5) is 19.9. The van der Waals surface area contributed by atoms with E-state index in [0.29, 0.717) is 19.6 Å². The molecule has 2 aromatic carbocycles. The summed E-state index contributed by atoms with van der Waals surface area (Å²) in [6.45, 7) is 6.01. The van der Waals surface area contributed by atoms with Crippen molar-refractivity contribution in [3.8, 4) is 0 Å². The van der Waals surface area contributed by atoms with Gasteiger partial charge in [0.05, 0.1) is 18.1 Å². The maximum absolute atomic E-state index is 13.2. The van der Waals surface area contributed by atoms with E-state index in [1.807, 2.05) is 48.0 Å². The highest BCUT2D eigenvalue weighted by Crippen LogP contribution is 2.29. The van der Waals surface area contributed by atoms with Gasteiger partial charge in [-0.05, 0) is 57.8 Å². The van der Waals surface area contributed by atoms with Gasteiger partial charge in [0.2, 0.25) is 0 Å². The van der Waals surface area contributed by atoms with Crippen molar-refractivity contribution < 1.29 is 0 Å². The second kappa shape index (κ2) is 11.0. The van der Waals surface area contributed by atoms with Crippen molar-refractivity contribution in [3.05, 3.63) is 110 Å². The van der Waals surface area contributed by atoms with Crippen LogP contribution in [-0.4, -0.2) is 30.1 Å². The van der Waals surface area contributed by atoms with E-state index in [4.69, 9.17) is 0 Å². The Labute approximate surface area is 214 Å². The standard InChI is InChI=1S/C28H30N6OS/c1-3-9-25(27-30-31-32-34(27)17-21-11-5-4-6-12-21)33(19-24-14-8-15-36-24)18-23-16-22-13-7-10-20(2)26(22)29-28(23)35/h4-8,10-16,25H,3,9,17-19H2,1-2H3,(H,29,35)/t25-/m1/s1. The number of aromatic amines is 1. The minimum Gasteiger partial charge on any atom is -0.321 e. The molecule has 5 rings (SSSR count). The normalized spacial score (nSPS) is 12.4. The average Bonchev–Trinajstić information content (AvgIpc) is 3.56. The highest BCUT2D eigenvalue weighted by Gasteiger charge is 2.27. The highest BCUT2D eigenvalue weighted by molar-refractivity contribution is 7.09. The fourth-order valence-corrected chi connectivity index (χ4v) is 5.44. The number of aromatic nitrogens is 5. The molecule has 3 aromatic heterocycles. The number of para-hydroxylation sites is 1. The highest BCUT2D eigenvalue weighted by atomic mass is 32.1. The molecule has 0 aliphatic carbocycles. The van der Waals surface area contributed by atoms with Crippen molar-refractivity contribution >= 4 is 22.2 Å². The number of hydrogen-bond donors (Lipinski definition) is 1. The van der Waals surface area contributed by atoms with Gasteiger partial charge in [0.1, 0.15) is 0 Å². The van der Waals surface area contributed by atoms with Gasteiger partial charge in [0.15, 0.2) is 5.82 Å². The van der Waals surface area contributed by atoms with Crippen LogP contribution in [0.15, 0.2) is 76.9 Å². The third-order valence-corrected chi connectivity index (χ3v) is 7.37. The average molecular weight is 499 g/mol. The largest absolute Gasteiger partial charge is 0.321 e. The van der Waals surface area contributed by atoms with Gasteiger partial charge in [0, 0.05) is 23.5 Å². The first-order valence-electron chi connectivity index (χ1n) is 12.3. The summed E-state index contributed by atoms with van der Waals surface area (Å²) in [6, 6.07) is 22.5. The lowest BCUT2D eigenvalue weighted by Crippen LogP contribution is -2.32. The first kappa shape index (κ1) is 24.1. The minimum atomic E-state index is -0.0490. The zero-order chi connectivity index (χ0) is 24.9. The number of tetrazole rings is 1. The van der Waals surface area contributed by atoms with Gasteiger partial charge in [-0.25, -0.2) is 4.68 Å². The van der Waals surface area contributed by atoms with Crippen LogP contribution in [0.3, 0.4) is 0 Å². The number of thiophene rings is 1. The van der Waals surface area contributed by atoms with Crippen LogP contribution >= 0.6 is 11.3 Å². The number of nitrogens with one attached hydrogen (secondary N) is 1. The lowest BCUT2D eigenvalue weighted by Gasteiger charge is -2.30. The van der Waals surface area contributed by atoms with Gasteiger partial charge in [0.25, 0.3) is 5.56 Å². The van der Waals surface area contributed by atoms with Crippen molar-refractivity contribution in [1.82, 2.24) is 30.1 Å². The number of hydrogen-bond acceptors (Lipinski definition) is 6. The molecule has 8 heteroatoms. The number of H-pyrrole nitrogens is 1. The van der Waals surface area contributed by atoms with E-state index < -0.39 is 0 Å². The second-order valence-corrected chi connectivity index (χ2v) is 10.2. The predicted octanol–water partition coefficient (Wildman–Crippen LogP) is 5.48. The molecule has 0 bridgehead atoms. The third kappa shape index (κ3) is 5.29. The lowest BCUT2D eigenvalue weighted by atomic mass is 10.1.